The molecule has 0 aliphatic rings. The first-order valence-corrected chi connectivity index (χ1v) is 12.8. The summed E-state index contributed by atoms with van der Waals surface area (Å²) >= 11 is 0. The highest BCUT2D eigenvalue weighted by Gasteiger charge is 2.13. The van der Waals surface area contributed by atoms with Crippen molar-refractivity contribution in [3.63, 3.8) is 0 Å². The van der Waals surface area contributed by atoms with Crippen molar-refractivity contribution in [1.29, 1.82) is 0 Å². The van der Waals surface area contributed by atoms with E-state index in [4.69, 9.17) is 0 Å². The SMILES string of the molecule is C[Si](C)(C)CCCNCC(=O)Nc1cc2cccnc2c2ncccc12. The highest BCUT2D eigenvalue weighted by molar-refractivity contribution is 6.76. The zero-order valence-corrected chi connectivity index (χ0v) is 16.7. The van der Waals surface area contributed by atoms with Gasteiger partial charge in [0.25, 0.3) is 0 Å². The molecule has 0 radical (unpaired) electrons. The quantitative estimate of drug-likeness (QED) is 0.376. The van der Waals surface area contributed by atoms with E-state index in [1.165, 1.54) is 6.04 Å². The van der Waals surface area contributed by atoms with Crippen molar-refractivity contribution < 1.29 is 4.79 Å². The van der Waals surface area contributed by atoms with Crippen LogP contribution in [0.2, 0.25) is 25.7 Å². The molecule has 2 aromatic heterocycles. The Kier molecular flexibility index (Phi) is 5.63. The van der Waals surface area contributed by atoms with Gasteiger partial charge in [0.05, 0.1) is 23.3 Å². The topological polar surface area (TPSA) is 66.9 Å². The van der Waals surface area contributed by atoms with E-state index in [1.807, 2.05) is 30.3 Å². The fraction of sp³-hybridized carbons (Fsp3) is 0.350. The molecular weight excluding hydrogens is 340 g/mol. The van der Waals surface area contributed by atoms with Crippen LogP contribution in [0.4, 0.5) is 5.69 Å². The van der Waals surface area contributed by atoms with Gasteiger partial charge in [0.15, 0.2) is 0 Å². The molecule has 2 heterocycles. The summed E-state index contributed by atoms with van der Waals surface area (Å²) in [5.74, 6) is -0.0357. The van der Waals surface area contributed by atoms with Gasteiger partial charge < -0.3 is 10.6 Å². The molecule has 0 saturated heterocycles. The Morgan fingerprint density at radius 2 is 1.81 bits per heavy atom. The van der Waals surface area contributed by atoms with Crippen LogP contribution >= 0.6 is 0 Å². The number of hydrogen-bond donors (Lipinski definition) is 2. The van der Waals surface area contributed by atoms with Gasteiger partial charge in [-0.2, -0.15) is 0 Å². The number of pyridine rings is 2. The van der Waals surface area contributed by atoms with Gasteiger partial charge >= 0.3 is 0 Å². The van der Waals surface area contributed by atoms with Crippen molar-refractivity contribution in [3.8, 4) is 0 Å². The number of rotatable bonds is 7. The molecule has 0 aliphatic heterocycles. The summed E-state index contributed by atoms with van der Waals surface area (Å²) in [6.07, 6.45) is 4.64. The Bertz CT molecular complexity index is 920. The minimum Gasteiger partial charge on any atom is -0.324 e. The lowest BCUT2D eigenvalue weighted by Crippen LogP contribution is -2.30. The number of nitrogens with one attached hydrogen (secondary N) is 2. The number of anilines is 1. The van der Waals surface area contributed by atoms with Gasteiger partial charge in [-0.3, -0.25) is 14.8 Å². The molecule has 136 valence electrons. The molecule has 0 atom stereocenters. The van der Waals surface area contributed by atoms with Gasteiger partial charge in [-0.15, -0.1) is 0 Å². The number of benzene rings is 1. The maximum Gasteiger partial charge on any atom is 0.238 e. The van der Waals surface area contributed by atoms with Gasteiger partial charge in [0.1, 0.15) is 0 Å². The van der Waals surface area contributed by atoms with E-state index in [-0.39, 0.29) is 5.91 Å². The molecule has 6 heteroatoms. The average Bonchev–Trinajstić information content (AvgIpc) is 2.60. The van der Waals surface area contributed by atoms with E-state index in [1.54, 1.807) is 12.4 Å². The van der Waals surface area contributed by atoms with Gasteiger partial charge in [0.2, 0.25) is 5.91 Å². The Labute approximate surface area is 155 Å². The molecule has 0 saturated carbocycles. The van der Waals surface area contributed by atoms with Gasteiger partial charge in [-0.05, 0) is 37.2 Å². The summed E-state index contributed by atoms with van der Waals surface area (Å²) in [5, 5.41) is 8.15. The van der Waals surface area contributed by atoms with Gasteiger partial charge in [-0.1, -0.05) is 31.8 Å². The normalized spacial score (nSPS) is 11.8. The van der Waals surface area contributed by atoms with Gasteiger partial charge in [-0.25, -0.2) is 0 Å². The zero-order chi connectivity index (χ0) is 18.6. The second-order valence-electron chi connectivity index (χ2n) is 7.79. The lowest BCUT2D eigenvalue weighted by Gasteiger charge is -2.15. The third-order valence-electron chi connectivity index (χ3n) is 4.30. The molecule has 0 bridgehead atoms. The Morgan fingerprint density at radius 3 is 2.58 bits per heavy atom. The number of aromatic nitrogens is 2. The molecule has 2 N–H and O–H groups in total. The van der Waals surface area contributed by atoms with Crippen molar-refractivity contribution >= 4 is 41.5 Å². The summed E-state index contributed by atoms with van der Waals surface area (Å²) in [6, 6.07) is 11.0. The van der Waals surface area contributed by atoms with Crippen molar-refractivity contribution in [1.82, 2.24) is 15.3 Å². The minimum absolute atomic E-state index is 0.0357. The summed E-state index contributed by atoms with van der Waals surface area (Å²) < 4.78 is 0. The highest BCUT2D eigenvalue weighted by atomic mass is 28.3. The molecule has 0 unspecified atom stereocenters. The van der Waals surface area contributed by atoms with Crippen molar-refractivity contribution in [2.75, 3.05) is 18.4 Å². The monoisotopic (exact) mass is 366 g/mol. The van der Waals surface area contributed by atoms with E-state index >= 15 is 0 Å². The number of fused-ring (bicyclic) bond motifs is 3. The smallest absolute Gasteiger partial charge is 0.238 e. The van der Waals surface area contributed by atoms with Crippen molar-refractivity contribution in [3.05, 3.63) is 42.7 Å². The first kappa shape index (κ1) is 18.5. The van der Waals surface area contributed by atoms with Crippen molar-refractivity contribution in [2.45, 2.75) is 32.1 Å². The molecule has 0 aliphatic carbocycles. The van der Waals surface area contributed by atoms with E-state index in [0.717, 1.165) is 40.5 Å². The fourth-order valence-electron chi connectivity index (χ4n) is 3.02. The third-order valence-corrected chi connectivity index (χ3v) is 6.15. The van der Waals surface area contributed by atoms with Crippen molar-refractivity contribution in [2.24, 2.45) is 0 Å². The molecule has 0 fully saturated rings. The molecule has 1 amide bonds. The number of hydrogen-bond acceptors (Lipinski definition) is 4. The second-order valence-corrected chi connectivity index (χ2v) is 13.4. The maximum atomic E-state index is 12.4. The Morgan fingerprint density at radius 1 is 1.08 bits per heavy atom. The summed E-state index contributed by atoms with van der Waals surface area (Å²) in [7, 11) is -1.01. The molecule has 0 spiro atoms. The third kappa shape index (κ3) is 4.65. The first-order valence-electron chi connectivity index (χ1n) is 9.07. The van der Waals surface area contributed by atoms with Crippen LogP contribution in [-0.4, -0.2) is 37.0 Å². The van der Waals surface area contributed by atoms with Crippen LogP contribution in [0.5, 0.6) is 0 Å². The van der Waals surface area contributed by atoms with Gasteiger partial charge in [0, 0.05) is 31.2 Å². The fourth-order valence-corrected chi connectivity index (χ4v) is 4.26. The minimum atomic E-state index is -1.01. The van der Waals surface area contributed by atoms with Crippen LogP contribution in [0.1, 0.15) is 6.42 Å². The summed E-state index contributed by atoms with van der Waals surface area (Å²) in [4.78, 5) is 21.2. The average molecular weight is 367 g/mol. The highest BCUT2D eigenvalue weighted by Crippen LogP contribution is 2.29. The summed E-state index contributed by atoms with van der Waals surface area (Å²) in [6.45, 7) is 8.30. The molecule has 26 heavy (non-hydrogen) atoms. The molecular formula is C20H26N4OSi. The van der Waals surface area contributed by atoms with Crippen LogP contribution in [-0.2, 0) is 4.79 Å². The zero-order valence-electron chi connectivity index (χ0n) is 15.7. The molecule has 3 rings (SSSR count). The lowest BCUT2D eigenvalue weighted by molar-refractivity contribution is -0.115. The molecule has 1 aromatic carbocycles. The molecule has 5 nitrogen and oxygen atoms in total. The van der Waals surface area contributed by atoms with Crippen LogP contribution in [0.25, 0.3) is 21.8 Å². The lowest BCUT2D eigenvalue weighted by atomic mass is 10.1. The Hall–Kier alpha value is -2.31. The summed E-state index contributed by atoms with van der Waals surface area (Å²) in [5.41, 5.74) is 2.44. The first-order chi connectivity index (χ1) is 12.4. The Balaban J connectivity index is 1.69. The van der Waals surface area contributed by atoms with Crippen LogP contribution < -0.4 is 10.6 Å². The number of nitrogens with zero attached hydrogens (tertiary/aromatic N) is 2. The van der Waals surface area contributed by atoms with Crippen LogP contribution in [0.15, 0.2) is 42.7 Å². The number of amides is 1. The van der Waals surface area contributed by atoms with E-state index in [0.29, 0.717) is 6.54 Å². The largest absolute Gasteiger partial charge is 0.324 e. The van der Waals surface area contributed by atoms with Crippen LogP contribution in [0, 0.1) is 0 Å². The second kappa shape index (κ2) is 7.93. The van der Waals surface area contributed by atoms with E-state index < -0.39 is 8.07 Å². The number of carbonyl (C=O) groups excluding carboxylic acids is 1. The molecule has 3 aromatic rings. The standard InChI is InChI=1S/C20H26N4OSi/c1-26(2,3)12-6-9-21-14-18(25)24-17-13-15-7-4-10-22-19(15)20-16(17)8-5-11-23-20/h4-5,7-8,10-11,13,21H,6,9,12,14H2,1-3H3,(H,24,25). The van der Waals surface area contributed by atoms with E-state index in [2.05, 4.69) is 40.2 Å². The predicted molar refractivity (Wildman–Crippen MR) is 111 cm³/mol. The number of carbonyl (C=O) groups is 1. The maximum absolute atomic E-state index is 12.4. The van der Waals surface area contributed by atoms with Crippen LogP contribution in [0.3, 0.4) is 0 Å². The predicted octanol–water partition coefficient (Wildman–Crippen LogP) is 4.04. The van der Waals surface area contributed by atoms with E-state index in [9.17, 15) is 4.79 Å².